The Hall–Kier alpha value is -8.56. The number of phenols is 4. The van der Waals surface area contributed by atoms with Crippen LogP contribution in [0.25, 0.3) is 0 Å². The highest BCUT2D eigenvalue weighted by Gasteiger charge is 2.26. The number of carbonyl (C=O) groups is 8. The van der Waals surface area contributed by atoms with Gasteiger partial charge in [0.25, 0.3) is 47.3 Å². The van der Waals surface area contributed by atoms with E-state index in [1.165, 1.54) is 72.8 Å². The van der Waals surface area contributed by atoms with Gasteiger partial charge in [0.15, 0.2) is 0 Å². The van der Waals surface area contributed by atoms with Crippen LogP contribution < -0.4 is 48.3 Å². The number of rotatable bonds is 24. The van der Waals surface area contributed by atoms with E-state index in [1.54, 1.807) is 7.11 Å². The van der Waals surface area contributed by atoms with Crippen molar-refractivity contribution >= 4 is 47.3 Å². The average Bonchev–Trinajstić information content (AvgIpc) is 0.868. The van der Waals surface area contributed by atoms with E-state index < -0.39 is 76.3 Å². The molecule has 14 N–H and O–H groups in total. The van der Waals surface area contributed by atoms with E-state index in [1.807, 2.05) is 26.5 Å². The zero-order valence-electron chi connectivity index (χ0n) is 56.3. The van der Waals surface area contributed by atoms with Gasteiger partial charge in [-0.3, -0.25) is 58.0 Å². The number of ether oxygens (including phenoxy) is 5. The third-order valence-electron chi connectivity index (χ3n) is 16.3. The molecule has 1 atom stereocenters. The Kier molecular flexibility index (Phi) is 34.9. The quantitative estimate of drug-likeness (QED) is 0.0420. The topological polar surface area (TPSA) is 399 Å². The van der Waals surface area contributed by atoms with Crippen molar-refractivity contribution in [2.24, 2.45) is 5.73 Å². The Bertz CT molecular complexity index is 3130. The molecule has 30 heteroatoms. The lowest BCUT2D eigenvalue weighted by Crippen LogP contribution is -2.47. The number of aromatic hydroxyl groups is 4. The van der Waals surface area contributed by atoms with E-state index in [-0.39, 0.29) is 149 Å². The zero-order valence-corrected chi connectivity index (χ0v) is 56.3. The lowest BCUT2D eigenvalue weighted by atomic mass is 10.0. The molecule has 0 saturated carbocycles. The summed E-state index contributed by atoms with van der Waals surface area (Å²) >= 11 is 0. The van der Waals surface area contributed by atoms with E-state index in [9.17, 15) is 58.8 Å². The molecule has 4 aromatic carbocycles. The second-order valence-electron chi connectivity index (χ2n) is 23.3. The van der Waals surface area contributed by atoms with E-state index in [2.05, 4.69) is 42.5 Å². The first kappa shape index (κ1) is 78.4. The molecule has 0 aromatic heterocycles. The van der Waals surface area contributed by atoms with Crippen molar-refractivity contribution < 1.29 is 82.5 Å². The summed E-state index contributed by atoms with van der Waals surface area (Å²) in [5.41, 5.74) is 4.68. The second kappa shape index (κ2) is 43.7. The molecule has 2 aliphatic heterocycles. The number of nitrogens with two attached hydrogens (primary N) is 1. The third kappa shape index (κ3) is 26.0. The molecule has 0 spiro atoms. The van der Waals surface area contributed by atoms with Crippen LogP contribution in [0.2, 0.25) is 0 Å². The number of hydrogen-bond donors (Lipinski definition) is 13. The smallest absolute Gasteiger partial charge is 0.255 e. The summed E-state index contributed by atoms with van der Waals surface area (Å²) in [5.74, 6) is -7.40. The predicted octanol–water partition coefficient (Wildman–Crippen LogP) is 0.304. The van der Waals surface area contributed by atoms with Crippen LogP contribution >= 0.6 is 0 Å². The SMILES string of the molecule is CCCOCCOCCN1CCNC(=O)c2cccc(c2O)C(=O)NCCN(CCN2CCNC(=O)c3cccc(c3O)C(=O)NCCN(CCOCCOCCOC)CC(CCCCN)NC(=O)c3cccc(c3O)C(=O)NCC2)CCNC(=O)c2cccc(c2O)C(=O)NCC1. The van der Waals surface area contributed by atoms with Crippen molar-refractivity contribution in [2.75, 3.05) is 197 Å². The van der Waals surface area contributed by atoms with Crippen LogP contribution in [0.3, 0.4) is 0 Å². The lowest BCUT2D eigenvalue weighted by Gasteiger charge is -2.29. The molecule has 4 aromatic rings. The van der Waals surface area contributed by atoms with E-state index in [0.29, 0.717) is 105 Å². The van der Waals surface area contributed by atoms with Gasteiger partial charge in [-0.1, -0.05) is 37.6 Å². The highest BCUT2D eigenvalue weighted by Crippen LogP contribution is 2.26. The molecule has 6 rings (SSSR count). The van der Waals surface area contributed by atoms with Crippen molar-refractivity contribution in [3.8, 4) is 23.0 Å². The maximum Gasteiger partial charge on any atom is 0.255 e. The molecule has 2 aliphatic rings. The summed E-state index contributed by atoms with van der Waals surface area (Å²) < 4.78 is 27.7. The van der Waals surface area contributed by atoms with Crippen LogP contribution in [-0.2, 0) is 23.7 Å². The number of hydrogen-bond acceptors (Lipinski definition) is 22. The fraction of sp³-hybridized carbons (Fsp3) is 0.529. The predicted molar refractivity (Wildman–Crippen MR) is 364 cm³/mol. The maximum atomic E-state index is 14.1. The molecule has 2 heterocycles. The minimum absolute atomic E-state index is 0.00488. The monoisotopic (exact) mass is 1370 g/mol. The summed E-state index contributed by atoms with van der Waals surface area (Å²) in [5, 5.41) is 68.5. The number of para-hydroxylation sites is 4. The highest BCUT2D eigenvalue weighted by atomic mass is 16.5. The number of benzene rings is 4. The van der Waals surface area contributed by atoms with Crippen molar-refractivity contribution in [1.29, 1.82) is 0 Å². The Morgan fingerprint density at radius 1 is 0.378 bits per heavy atom. The molecule has 8 bridgehead atoms. The molecule has 0 aliphatic carbocycles. The first-order valence-electron chi connectivity index (χ1n) is 33.5. The van der Waals surface area contributed by atoms with E-state index >= 15 is 0 Å². The molecule has 98 heavy (non-hydrogen) atoms. The van der Waals surface area contributed by atoms with Crippen LogP contribution in [0.15, 0.2) is 72.8 Å². The fourth-order valence-corrected chi connectivity index (χ4v) is 10.8. The minimum atomic E-state index is -0.683. The van der Waals surface area contributed by atoms with Gasteiger partial charge in [0.1, 0.15) is 23.0 Å². The van der Waals surface area contributed by atoms with E-state index in [0.717, 1.165) is 6.42 Å². The van der Waals surface area contributed by atoms with E-state index in [4.69, 9.17) is 29.4 Å². The Labute approximate surface area is 571 Å². The minimum Gasteiger partial charge on any atom is -0.506 e. The first-order valence-corrected chi connectivity index (χ1v) is 33.5. The normalized spacial score (nSPS) is 17.6. The van der Waals surface area contributed by atoms with Gasteiger partial charge in [-0.05, 0) is 74.3 Å². The van der Waals surface area contributed by atoms with Gasteiger partial charge in [-0.25, -0.2) is 0 Å². The molecule has 1 unspecified atom stereocenters. The number of nitrogens with one attached hydrogen (secondary N) is 8. The van der Waals surface area contributed by atoms with Gasteiger partial charge >= 0.3 is 0 Å². The van der Waals surface area contributed by atoms with Crippen molar-refractivity contribution in [1.82, 2.24) is 62.1 Å². The maximum absolute atomic E-state index is 14.1. The Morgan fingerprint density at radius 3 is 0.969 bits per heavy atom. The molecule has 538 valence electrons. The molecular formula is C68H99N13O17. The average molecular weight is 1370 g/mol. The zero-order chi connectivity index (χ0) is 70.4. The third-order valence-corrected chi connectivity index (χ3v) is 16.3. The van der Waals surface area contributed by atoms with Crippen LogP contribution in [0.4, 0.5) is 0 Å². The summed E-state index contributed by atoms with van der Waals surface area (Å²) in [6, 6.07) is 16.5. The van der Waals surface area contributed by atoms with Crippen LogP contribution in [0, 0.1) is 0 Å². The van der Waals surface area contributed by atoms with Crippen LogP contribution in [-0.4, -0.2) is 291 Å². The highest BCUT2D eigenvalue weighted by molar-refractivity contribution is 6.06. The van der Waals surface area contributed by atoms with Gasteiger partial charge in [0.2, 0.25) is 0 Å². The van der Waals surface area contributed by atoms with Gasteiger partial charge in [-0.2, -0.15) is 0 Å². The number of carbonyl (C=O) groups excluding carboxylic acids is 8. The fourth-order valence-electron chi connectivity index (χ4n) is 10.8. The summed E-state index contributed by atoms with van der Waals surface area (Å²) in [4.78, 5) is 118. The van der Waals surface area contributed by atoms with Gasteiger partial charge in [0.05, 0.1) is 97.4 Å². The summed E-state index contributed by atoms with van der Waals surface area (Å²) in [6.45, 7) is 9.22. The van der Waals surface area contributed by atoms with Crippen LogP contribution in [0.5, 0.6) is 23.0 Å². The Morgan fingerprint density at radius 2 is 0.653 bits per heavy atom. The first-order chi connectivity index (χ1) is 47.5. The molecule has 30 nitrogen and oxygen atoms in total. The number of fused-ring (bicyclic) bond motifs is 8. The van der Waals surface area contributed by atoms with Gasteiger partial charge in [0, 0.05) is 144 Å². The number of unbranched alkanes of at least 4 members (excludes halogenated alkanes) is 1. The van der Waals surface area contributed by atoms with Gasteiger partial charge < -0.3 is 92.4 Å². The molecule has 8 amide bonds. The standard InChI is InChI=1S/C68H99N13O17/c1-3-38-95-43-44-96-39-36-80-31-24-74-64(89)52-14-6-11-49(57(52)82)61(86)70-20-27-78(28-21-71-62(87)50-12-7-15-53(58(50)83)65(90)75-25-32-80)34-35-79-29-22-72-63(88)51-13-8-16-54(59(51)84)66(91)76-26-33-81(37-40-97-45-46-98-42-41-94-2)47-48(10-4-5-19-69)77-68(93)56-18-9-17-55(60(56)85)67(92)73-23-30-79/h6-9,11-18,48,82-85H,3-5,10,19-47,69H2,1-2H3,(H,70,86)(H,71,87)(H,72,88)(H,73,92)(H,74,89)(H,75,90)(H,76,91)(H,77,93). The Balaban J connectivity index is 1.21. The largest absolute Gasteiger partial charge is 0.506 e. The van der Waals surface area contributed by atoms with Crippen LogP contribution in [0.1, 0.15) is 115 Å². The lowest BCUT2D eigenvalue weighted by molar-refractivity contribution is 0.0189. The molecule has 0 saturated heterocycles. The molecule has 0 fully saturated rings. The molecule has 0 radical (unpaired) electrons. The number of methoxy groups -OCH3 is 1. The summed E-state index contributed by atoms with van der Waals surface area (Å²) in [6.07, 6.45) is 2.68. The van der Waals surface area contributed by atoms with Crippen molar-refractivity contribution in [2.45, 2.75) is 38.6 Å². The van der Waals surface area contributed by atoms with Gasteiger partial charge in [-0.15, -0.1) is 0 Å². The number of amides is 8. The van der Waals surface area contributed by atoms with Crippen molar-refractivity contribution in [3.05, 3.63) is 117 Å². The van der Waals surface area contributed by atoms with Crippen molar-refractivity contribution in [3.63, 3.8) is 0 Å². The molecular weight excluding hydrogens is 1270 g/mol. The summed E-state index contributed by atoms with van der Waals surface area (Å²) in [7, 11) is 1.58. The number of nitrogens with zero attached hydrogens (tertiary/aromatic N) is 4. The number of phenolic OH excluding ortho intramolecular Hbond substituents is 4. The second-order valence-corrected chi connectivity index (χ2v) is 23.3.